The summed E-state index contributed by atoms with van der Waals surface area (Å²) in [7, 11) is 0. The first kappa shape index (κ1) is 21.2. The minimum absolute atomic E-state index is 0.0621. The number of oxazole rings is 1. The van der Waals surface area contributed by atoms with Gasteiger partial charge in [-0.1, -0.05) is 6.42 Å². The van der Waals surface area contributed by atoms with Crippen molar-refractivity contribution in [3.8, 4) is 11.3 Å². The van der Waals surface area contributed by atoms with Crippen LogP contribution in [-0.4, -0.2) is 16.8 Å². The van der Waals surface area contributed by atoms with Crippen molar-refractivity contribution >= 4 is 28.2 Å². The summed E-state index contributed by atoms with van der Waals surface area (Å²) in [6.07, 6.45) is 6.43. The SMILES string of the molecule is NC(=O)c1c(NC(=O)CCc2ncc(-c3ccc(F)cc3F)o2)sc2c1CCCCC2. The molecule has 0 atom stereocenters. The maximum atomic E-state index is 13.9. The molecule has 1 aliphatic carbocycles. The summed E-state index contributed by atoms with van der Waals surface area (Å²) < 4.78 is 32.5. The van der Waals surface area contributed by atoms with Crippen LogP contribution in [0, 0.1) is 11.6 Å². The number of thiophene rings is 1. The van der Waals surface area contributed by atoms with E-state index in [-0.39, 0.29) is 36.0 Å². The molecule has 4 rings (SSSR count). The van der Waals surface area contributed by atoms with Gasteiger partial charge in [0, 0.05) is 23.8 Å². The van der Waals surface area contributed by atoms with E-state index in [9.17, 15) is 18.4 Å². The largest absolute Gasteiger partial charge is 0.441 e. The molecule has 0 saturated carbocycles. The van der Waals surface area contributed by atoms with Gasteiger partial charge in [0.1, 0.15) is 16.6 Å². The average molecular weight is 445 g/mol. The van der Waals surface area contributed by atoms with Gasteiger partial charge in [0.15, 0.2) is 11.7 Å². The number of nitrogens with one attached hydrogen (secondary N) is 1. The molecular formula is C22H21F2N3O3S. The average Bonchev–Trinajstić information content (AvgIpc) is 3.24. The van der Waals surface area contributed by atoms with Crippen molar-refractivity contribution in [3.05, 3.63) is 57.9 Å². The first-order valence-electron chi connectivity index (χ1n) is 10.1. The quantitative estimate of drug-likeness (QED) is 0.541. The lowest BCUT2D eigenvalue weighted by Gasteiger charge is -2.06. The van der Waals surface area contributed by atoms with Crippen LogP contribution in [-0.2, 0) is 24.1 Å². The summed E-state index contributed by atoms with van der Waals surface area (Å²) in [4.78, 5) is 29.7. The normalized spacial score (nSPS) is 13.5. The van der Waals surface area contributed by atoms with Crippen molar-refractivity contribution in [1.29, 1.82) is 0 Å². The van der Waals surface area contributed by atoms with Gasteiger partial charge < -0.3 is 15.5 Å². The second-order valence-corrected chi connectivity index (χ2v) is 8.53. The number of benzene rings is 1. The van der Waals surface area contributed by atoms with Crippen molar-refractivity contribution in [3.63, 3.8) is 0 Å². The molecule has 2 aromatic heterocycles. The fourth-order valence-electron chi connectivity index (χ4n) is 3.74. The zero-order valence-electron chi connectivity index (χ0n) is 16.7. The maximum absolute atomic E-state index is 13.9. The summed E-state index contributed by atoms with van der Waals surface area (Å²) >= 11 is 1.41. The molecule has 3 N–H and O–H groups in total. The lowest BCUT2D eigenvalue weighted by atomic mass is 10.1. The highest BCUT2D eigenvalue weighted by atomic mass is 32.1. The zero-order valence-corrected chi connectivity index (χ0v) is 17.5. The number of nitrogens with zero attached hydrogens (tertiary/aromatic N) is 1. The first-order valence-corrected chi connectivity index (χ1v) is 10.9. The molecule has 0 radical (unpaired) electrons. The molecule has 2 amide bonds. The van der Waals surface area contributed by atoms with Crippen LogP contribution in [0.4, 0.5) is 13.8 Å². The molecule has 0 saturated heterocycles. The number of hydrogen-bond donors (Lipinski definition) is 2. The number of aromatic nitrogens is 1. The molecule has 0 spiro atoms. The van der Waals surface area contributed by atoms with Gasteiger partial charge >= 0.3 is 0 Å². The number of fused-ring (bicyclic) bond motifs is 1. The van der Waals surface area contributed by atoms with Gasteiger partial charge in [0.2, 0.25) is 5.91 Å². The molecule has 0 aliphatic heterocycles. The summed E-state index contributed by atoms with van der Waals surface area (Å²) in [5, 5.41) is 3.29. The second kappa shape index (κ2) is 8.97. The van der Waals surface area contributed by atoms with E-state index in [0.717, 1.165) is 54.7 Å². The number of carbonyl (C=O) groups excluding carboxylic acids is 2. The minimum atomic E-state index is -0.753. The number of anilines is 1. The van der Waals surface area contributed by atoms with E-state index < -0.39 is 17.5 Å². The molecule has 0 bridgehead atoms. The molecule has 6 nitrogen and oxygen atoms in total. The number of carbonyl (C=O) groups is 2. The Morgan fingerprint density at radius 1 is 1.19 bits per heavy atom. The van der Waals surface area contributed by atoms with Crippen molar-refractivity contribution in [1.82, 2.24) is 4.98 Å². The van der Waals surface area contributed by atoms with Gasteiger partial charge in [0.25, 0.3) is 5.91 Å². The monoisotopic (exact) mass is 445 g/mol. The molecule has 3 aromatic rings. The molecule has 1 aromatic carbocycles. The van der Waals surface area contributed by atoms with Gasteiger partial charge in [-0.3, -0.25) is 9.59 Å². The minimum Gasteiger partial charge on any atom is -0.441 e. The third kappa shape index (κ3) is 4.66. The molecule has 31 heavy (non-hydrogen) atoms. The van der Waals surface area contributed by atoms with Crippen molar-refractivity contribution in [2.75, 3.05) is 5.32 Å². The lowest BCUT2D eigenvalue weighted by Crippen LogP contribution is -2.18. The molecule has 0 unspecified atom stereocenters. The number of nitrogens with two attached hydrogens (primary N) is 1. The van der Waals surface area contributed by atoms with Crippen LogP contribution >= 0.6 is 11.3 Å². The summed E-state index contributed by atoms with van der Waals surface area (Å²) in [5.41, 5.74) is 7.06. The third-order valence-corrected chi connectivity index (χ3v) is 6.44. The highest BCUT2D eigenvalue weighted by Crippen LogP contribution is 2.37. The highest BCUT2D eigenvalue weighted by molar-refractivity contribution is 7.17. The van der Waals surface area contributed by atoms with Crippen LogP contribution in [0.3, 0.4) is 0 Å². The lowest BCUT2D eigenvalue weighted by molar-refractivity contribution is -0.116. The molecule has 9 heteroatoms. The predicted octanol–water partition coefficient (Wildman–Crippen LogP) is 4.62. The smallest absolute Gasteiger partial charge is 0.251 e. The van der Waals surface area contributed by atoms with E-state index in [1.165, 1.54) is 23.6 Å². The first-order chi connectivity index (χ1) is 14.9. The van der Waals surface area contributed by atoms with Gasteiger partial charge in [-0.25, -0.2) is 13.8 Å². The summed E-state index contributed by atoms with van der Waals surface area (Å²) in [5.74, 6) is -1.85. The Kier molecular flexibility index (Phi) is 6.13. The zero-order chi connectivity index (χ0) is 22.0. The Balaban J connectivity index is 1.42. The van der Waals surface area contributed by atoms with Gasteiger partial charge in [-0.2, -0.15) is 0 Å². The van der Waals surface area contributed by atoms with Crippen LogP contribution in [0.5, 0.6) is 0 Å². The maximum Gasteiger partial charge on any atom is 0.251 e. The number of amides is 2. The Labute approximate surface area is 181 Å². The number of primary amides is 1. The highest BCUT2D eigenvalue weighted by Gasteiger charge is 2.24. The van der Waals surface area contributed by atoms with Crippen LogP contribution < -0.4 is 11.1 Å². The van der Waals surface area contributed by atoms with Crippen molar-refractivity contribution in [2.24, 2.45) is 5.73 Å². The number of hydrogen-bond acceptors (Lipinski definition) is 5. The summed E-state index contributed by atoms with van der Waals surface area (Å²) in [6.45, 7) is 0. The van der Waals surface area contributed by atoms with Crippen molar-refractivity contribution < 1.29 is 22.8 Å². The van der Waals surface area contributed by atoms with Gasteiger partial charge in [-0.05, 0) is 43.4 Å². The topological polar surface area (TPSA) is 98.2 Å². The van der Waals surface area contributed by atoms with E-state index >= 15 is 0 Å². The Morgan fingerprint density at radius 2 is 2.00 bits per heavy atom. The second-order valence-electron chi connectivity index (χ2n) is 7.42. The Morgan fingerprint density at radius 3 is 2.77 bits per heavy atom. The van der Waals surface area contributed by atoms with Crippen LogP contribution in [0.15, 0.2) is 28.8 Å². The molecule has 1 aliphatic rings. The van der Waals surface area contributed by atoms with Crippen molar-refractivity contribution in [2.45, 2.75) is 44.9 Å². The number of halogens is 2. The fraction of sp³-hybridized carbons (Fsp3) is 0.318. The molecule has 162 valence electrons. The number of rotatable bonds is 6. The molecule has 0 fully saturated rings. The van der Waals surface area contributed by atoms with Crippen LogP contribution in [0.2, 0.25) is 0 Å². The molecule has 2 heterocycles. The van der Waals surface area contributed by atoms with E-state index in [0.29, 0.717) is 10.6 Å². The van der Waals surface area contributed by atoms with E-state index in [1.807, 2.05) is 0 Å². The Bertz CT molecular complexity index is 1140. The van der Waals surface area contributed by atoms with E-state index in [1.54, 1.807) is 0 Å². The predicted molar refractivity (Wildman–Crippen MR) is 113 cm³/mol. The molecular weight excluding hydrogens is 424 g/mol. The number of aryl methyl sites for hydroxylation is 2. The summed E-state index contributed by atoms with van der Waals surface area (Å²) in [6, 6.07) is 3.17. The van der Waals surface area contributed by atoms with Gasteiger partial charge in [0.05, 0.1) is 17.3 Å². The van der Waals surface area contributed by atoms with Gasteiger partial charge in [-0.15, -0.1) is 11.3 Å². The van der Waals surface area contributed by atoms with Crippen LogP contribution in [0.25, 0.3) is 11.3 Å². The van der Waals surface area contributed by atoms with Crippen LogP contribution in [0.1, 0.15) is 52.4 Å². The fourth-order valence-corrected chi connectivity index (χ4v) is 5.05. The Hall–Kier alpha value is -3.07. The standard InChI is InChI=1S/C22H21F2N3O3S/c23-12-6-7-13(15(24)10-12)16-11-26-19(30-16)9-8-18(28)27-22-20(21(25)29)14-4-2-1-3-5-17(14)31-22/h6-7,10-11H,1-5,8-9H2,(H2,25,29)(H,27,28). The van der Waals surface area contributed by atoms with E-state index in [4.69, 9.17) is 10.2 Å². The third-order valence-electron chi connectivity index (χ3n) is 5.24. The van der Waals surface area contributed by atoms with E-state index in [2.05, 4.69) is 10.3 Å².